The highest BCUT2D eigenvalue weighted by atomic mass is 32.2. The number of aromatic amines is 1. The van der Waals surface area contributed by atoms with E-state index in [4.69, 9.17) is 0 Å². The zero-order chi connectivity index (χ0) is 18.4. The molecule has 2 aliphatic heterocycles. The van der Waals surface area contributed by atoms with E-state index in [9.17, 15) is 8.42 Å². The van der Waals surface area contributed by atoms with E-state index in [1.165, 1.54) is 18.4 Å². The summed E-state index contributed by atoms with van der Waals surface area (Å²) in [6.07, 6.45) is 2.61. The van der Waals surface area contributed by atoms with Gasteiger partial charge in [-0.1, -0.05) is 24.3 Å². The SMILES string of the molecule is O=S1(=O)C[C@@H]2[C@H](C1)N(Cc1ccc(-c3nn[nH]n3)cc1)CCN2CC1CC1. The van der Waals surface area contributed by atoms with Gasteiger partial charge >= 0.3 is 0 Å². The minimum absolute atomic E-state index is 0.111. The zero-order valence-electron chi connectivity index (χ0n) is 15.2. The number of aromatic nitrogens is 4. The van der Waals surface area contributed by atoms with E-state index in [0.29, 0.717) is 17.3 Å². The van der Waals surface area contributed by atoms with Crippen molar-refractivity contribution in [1.29, 1.82) is 0 Å². The molecule has 9 heteroatoms. The van der Waals surface area contributed by atoms with Gasteiger partial charge in [0.15, 0.2) is 9.84 Å². The molecule has 2 aromatic rings. The average Bonchev–Trinajstić information content (AvgIpc) is 3.16. The van der Waals surface area contributed by atoms with Crippen molar-refractivity contribution >= 4 is 9.84 Å². The molecule has 3 aliphatic rings. The molecule has 5 rings (SSSR count). The van der Waals surface area contributed by atoms with Gasteiger partial charge in [-0.25, -0.2) is 8.42 Å². The predicted molar refractivity (Wildman–Crippen MR) is 101 cm³/mol. The molecule has 2 saturated heterocycles. The van der Waals surface area contributed by atoms with Crippen molar-refractivity contribution in [3.63, 3.8) is 0 Å². The molecule has 144 valence electrons. The molecule has 1 aliphatic carbocycles. The van der Waals surface area contributed by atoms with Crippen molar-refractivity contribution in [2.75, 3.05) is 31.1 Å². The van der Waals surface area contributed by atoms with Crippen molar-refractivity contribution in [1.82, 2.24) is 30.4 Å². The number of rotatable bonds is 5. The molecule has 8 nitrogen and oxygen atoms in total. The van der Waals surface area contributed by atoms with Gasteiger partial charge in [0.2, 0.25) is 5.82 Å². The summed E-state index contributed by atoms with van der Waals surface area (Å²) >= 11 is 0. The number of hydrogen-bond acceptors (Lipinski definition) is 7. The topological polar surface area (TPSA) is 95.1 Å². The van der Waals surface area contributed by atoms with E-state index in [1.807, 2.05) is 12.1 Å². The fourth-order valence-electron chi connectivity index (χ4n) is 4.43. The summed E-state index contributed by atoms with van der Waals surface area (Å²) in [5.41, 5.74) is 2.10. The average molecular weight is 388 g/mol. The molecule has 0 spiro atoms. The smallest absolute Gasteiger partial charge is 0.204 e. The van der Waals surface area contributed by atoms with Crippen LogP contribution in [0.2, 0.25) is 0 Å². The van der Waals surface area contributed by atoms with Crippen LogP contribution in [-0.4, -0.2) is 82.1 Å². The standard InChI is InChI=1S/C18H24N6O2S/c25-27(26)11-16-17(12-27)24(8-7-23(16)9-13-1-2-13)10-14-3-5-15(6-4-14)18-19-21-22-20-18/h3-6,13,16-17H,1-2,7-12H2,(H,19,20,21,22)/t16-,17+/m1/s1. The van der Waals surface area contributed by atoms with Crippen LogP contribution in [0.15, 0.2) is 24.3 Å². The number of benzene rings is 1. The van der Waals surface area contributed by atoms with Crippen LogP contribution >= 0.6 is 0 Å². The molecule has 1 aromatic carbocycles. The highest BCUT2D eigenvalue weighted by Gasteiger charge is 2.47. The number of nitrogens with zero attached hydrogens (tertiary/aromatic N) is 5. The van der Waals surface area contributed by atoms with E-state index in [-0.39, 0.29) is 12.1 Å². The molecule has 0 unspecified atom stereocenters. The summed E-state index contributed by atoms with van der Waals surface area (Å²) in [6, 6.07) is 8.39. The van der Waals surface area contributed by atoms with Crippen LogP contribution in [0.5, 0.6) is 0 Å². The molecular formula is C18H24N6O2S. The third-order valence-corrected chi connectivity index (χ3v) is 7.74. The molecule has 2 atom stereocenters. The zero-order valence-corrected chi connectivity index (χ0v) is 16.0. The number of hydrogen-bond donors (Lipinski definition) is 1. The van der Waals surface area contributed by atoms with E-state index in [0.717, 1.165) is 37.7 Å². The summed E-state index contributed by atoms with van der Waals surface area (Å²) in [6.45, 7) is 3.74. The second-order valence-electron chi connectivity index (χ2n) is 8.05. The molecule has 0 amide bonds. The first-order valence-corrected chi connectivity index (χ1v) is 11.4. The van der Waals surface area contributed by atoms with Crippen LogP contribution in [0.25, 0.3) is 11.4 Å². The summed E-state index contributed by atoms with van der Waals surface area (Å²) in [5.74, 6) is 1.98. The Labute approximate surface area is 158 Å². The third-order valence-electron chi connectivity index (χ3n) is 6.04. The van der Waals surface area contributed by atoms with Gasteiger partial charge < -0.3 is 0 Å². The molecule has 3 heterocycles. The number of piperazine rings is 1. The molecular weight excluding hydrogens is 364 g/mol. The van der Waals surface area contributed by atoms with E-state index >= 15 is 0 Å². The minimum atomic E-state index is -2.95. The van der Waals surface area contributed by atoms with Crippen LogP contribution in [0.3, 0.4) is 0 Å². The Bertz CT molecular complexity index is 894. The van der Waals surface area contributed by atoms with Crippen molar-refractivity contribution in [3.8, 4) is 11.4 Å². The van der Waals surface area contributed by atoms with Crippen molar-refractivity contribution < 1.29 is 8.42 Å². The first-order chi connectivity index (χ1) is 13.1. The second kappa shape index (κ2) is 6.65. The molecule has 1 saturated carbocycles. The number of fused-ring (bicyclic) bond motifs is 1. The first-order valence-electron chi connectivity index (χ1n) is 9.59. The maximum Gasteiger partial charge on any atom is 0.204 e. The Kier molecular flexibility index (Phi) is 4.25. The van der Waals surface area contributed by atoms with Crippen molar-refractivity contribution in [3.05, 3.63) is 29.8 Å². The number of nitrogens with one attached hydrogen (secondary N) is 1. The molecule has 0 bridgehead atoms. The predicted octanol–water partition coefficient (Wildman–Crippen LogP) is 0.560. The fourth-order valence-corrected chi connectivity index (χ4v) is 6.47. The van der Waals surface area contributed by atoms with Crippen molar-refractivity contribution in [2.24, 2.45) is 5.92 Å². The summed E-state index contributed by atoms with van der Waals surface area (Å²) < 4.78 is 24.7. The van der Waals surface area contributed by atoms with Gasteiger partial charge in [0, 0.05) is 43.8 Å². The van der Waals surface area contributed by atoms with Gasteiger partial charge in [-0.05, 0) is 29.5 Å². The lowest BCUT2D eigenvalue weighted by molar-refractivity contribution is 0.0376. The third kappa shape index (κ3) is 3.63. The lowest BCUT2D eigenvalue weighted by atomic mass is 10.0. The van der Waals surface area contributed by atoms with Gasteiger partial charge in [0.25, 0.3) is 0 Å². The quantitative estimate of drug-likeness (QED) is 0.800. The maximum atomic E-state index is 12.3. The van der Waals surface area contributed by atoms with Gasteiger partial charge in [0.1, 0.15) is 0 Å². The lowest BCUT2D eigenvalue weighted by Crippen LogP contribution is -2.59. The molecule has 1 aromatic heterocycles. The van der Waals surface area contributed by atoms with Gasteiger partial charge in [-0.2, -0.15) is 5.21 Å². The molecule has 1 N–H and O–H groups in total. The monoisotopic (exact) mass is 388 g/mol. The van der Waals surface area contributed by atoms with Crippen LogP contribution in [0.1, 0.15) is 18.4 Å². The van der Waals surface area contributed by atoms with E-state index < -0.39 is 9.84 Å². The Morgan fingerprint density at radius 2 is 1.74 bits per heavy atom. The fraction of sp³-hybridized carbons (Fsp3) is 0.611. The normalized spacial score (nSPS) is 28.3. The molecule has 3 fully saturated rings. The van der Waals surface area contributed by atoms with Gasteiger partial charge in [0.05, 0.1) is 11.5 Å². The maximum absolute atomic E-state index is 12.3. The Morgan fingerprint density at radius 1 is 1.04 bits per heavy atom. The number of tetrazole rings is 1. The summed E-state index contributed by atoms with van der Waals surface area (Å²) in [4.78, 5) is 4.81. The summed E-state index contributed by atoms with van der Waals surface area (Å²) in [7, 11) is -2.95. The summed E-state index contributed by atoms with van der Waals surface area (Å²) in [5, 5.41) is 14.1. The van der Waals surface area contributed by atoms with Crippen molar-refractivity contribution in [2.45, 2.75) is 31.5 Å². The highest BCUT2D eigenvalue weighted by Crippen LogP contribution is 2.34. The highest BCUT2D eigenvalue weighted by molar-refractivity contribution is 7.91. The second-order valence-corrected chi connectivity index (χ2v) is 10.2. The van der Waals surface area contributed by atoms with Crippen LogP contribution < -0.4 is 0 Å². The largest absolute Gasteiger partial charge is 0.296 e. The van der Waals surface area contributed by atoms with Crippen LogP contribution in [0, 0.1) is 5.92 Å². The lowest BCUT2D eigenvalue weighted by Gasteiger charge is -2.44. The van der Waals surface area contributed by atoms with E-state index in [2.05, 4.69) is 42.6 Å². The Hall–Kier alpha value is -1.84. The van der Waals surface area contributed by atoms with Crippen LogP contribution in [-0.2, 0) is 16.4 Å². The van der Waals surface area contributed by atoms with Crippen LogP contribution in [0.4, 0.5) is 0 Å². The Morgan fingerprint density at radius 3 is 2.41 bits per heavy atom. The van der Waals surface area contributed by atoms with Gasteiger partial charge in [-0.3, -0.25) is 9.80 Å². The minimum Gasteiger partial charge on any atom is -0.296 e. The molecule has 27 heavy (non-hydrogen) atoms. The van der Waals surface area contributed by atoms with E-state index in [1.54, 1.807) is 0 Å². The molecule has 0 radical (unpaired) electrons. The Balaban J connectivity index is 1.31. The van der Waals surface area contributed by atoms with Gasteiger partial charge in [-0.15, -0.1) is 10.2 Å². The first kappa shape index (κ1) is 17.3. The number of sulfone groups is 1. The number of H-pyrrole nitrogens is 1.